The van der Waals surface area contributed by atoms with E-state index in [1.165, 1.54) is 12.3 Å². The van der Waals surface area contributed by atoms with Crippen LogP contribution in [0.4, 0.5) is 0 Å². The minimum absolute atomic E-state index is 0.239. The molecule has 0 unspecified atom stereocenters. The van der Waals surface area contributed by atoms with Crippen molar-refractivity contribution in [3.05, 3.63) is 40.8 Å². The van der Waals surface area contributed by atoms with Crippen molar-refractivity contribution in [1.29, 1.82) is 0 Å². The standard InChI is InChI=1S/C8H8N2O.C2H6/c1-3-6-5-9-10-8(11)7(6)4-2;1-2/h3-5H,1-2H2,(H,10,11);1-2H3. The minimum Gasteiger partial charge on any atom is -0.267 e. The first kappa shape index (κ1) is 11.4. The van der Waals surface area contributed by atoms with Crippen LogP contribution in [0.15, 0.2) is 24.1 Å². The van der Waals surface area contributed by atoms with Crippen molar-refractivity contribution < 1.29 is 0 Å². The van der Waals surface area contributed by atoms with Crippen molar-refractivity contribution in [1.82, 2.24) is 10.2 Å². The summed E-state index contributed by atoms with van der Waals surface area (Å²) in [5.41, 5.74) is 0.969. The van der Waals surface area contributed by atoms with E-state index in [4.69, 9.17) is 0 Å². The van der Waals surface area contributed by atoms with Gasteiger partial charge in [0.25, 0.3) is 5.56 Å². The van der Waals surface area contributed by atoms with Crippen molar-refractivity contribution in [2.45, 2.75) is 13.8 Å². The van der Waals surface area contributed by atoms with Crippen molar-refractivity contribution in [2.75, 3.05) is 0 Å². The second kappa shape index (κ2) is 5.94. The molecule has 1 aromatic rings. The Morgan fingerprint density at radius 1 is 1.38 bits per heavy atom. The third-order valence-electron chi connectivity index (χ3n) is 1.35. The summed E-state index contributed by atoms with van der Waals surface area (Å²) in [4.78, 5) is 11.0. The summed E-state index contributed by atoms with van der Waals surface area (Å²) in [6, 6.07) is 0. The van der Waals surface area contributed by atoms with Crippen LogP contribution >= 0.6 is 0 Å². The fourth-order valence-electron chi connectivity index (χ4n) is 0.795. The molecule has 0 aliphatic rings. The van der Waals surface area contributed by atoms with Crippen LogP contribution in [0.2, 0.25) is 0 Å². The normalized spacial score (nSPS) is 8.15. The first-order valence-corrected chi connectivity index (χ1v) is 4.12. The summed E-state index contributed by atoms with van der Waals surface area (Å²) in [6.07, 6.45) is 4.59. The molecule has 0 atom stereocenters. The van der Waals surface area contributed by atoms with E-state index in [1.807, 2.05) is 13.8 Å². The molecule has 1 aromatic heterocycles. The molecule has 0 aliphatic carbocycles. The van der Waals surface area contributed by atoms with E-state index in [0.717, 1.165) is 0 Å². The molecule has 3 heteroatoms. The van der Waals surface area contributed by atoms with Gasteiger partial charge in [-0.25, -0.2) is 5.10 Å². The molecule has 0 amide bonds. The van der Waals surface area contributed by atoms with E-state index < -0.39 is 0 Å². The predicted molar refractivity (Wildman–Crippen MR) is 56.4 cm³/mol. The van der Waals surface area contributed by atoms with Crippen molar-refractivity contribution >= 4 is 12.2 Å². The quantitative estimate of drug-likeness (QED) is 0.753. The Hall–Kier alpha value is -1.64. The van der Waals surface area contributed by atoms with Gasteiger partial charge in [-0.3, -0.25) is 4.79 Å². The van der Waals surface area contributed by atoms with Crippen molar-refractivity contribution in [3.63, 3.8) is 0 Å². The first-order chi connectivity index (χ1) is 6.29. The van der Waals surface area contributed by atoms with E-state index in [1.54, 1.807) is 6.08 Å². The van der Waals surface area contributed by atoms with Gasteiger partial charge in [-0.1, -0.05) is 39.2 Å². The molecule has 70 valence electrons. The Kier molecular flexibility index (Phi) is 5.19. The molecule has 0 saturated carbocycles. The largest absolute Gasteiger partial charge is 0.272 e. The summed E-state index contributed by atoms with van der Waals surface area (Å²) in [5.74, 6) is 0. The fourth-order valence-corrected chi connectivity index (χ4v) is 0.795. The van der Waals surface area contributed by atoms with Crippen molar-refractivity contribution in [3.8, 4) is 0 Å². The summed E-state index contributed by atoms with van der Waals surface area (Å²) in [6.45, 7) is 11.0. The Labute approximate surface area is 77.8 Å². The highest BCUT2D eigenvalue weighted by atomic mass is 16.1. The SMILES string of the molecule is C=Cc1cn[nH]c(=O)c1C=C.CC. The maximum atomic E-state index is 11.0. The van der Waals surface area contributed by atoms with Gasteiger partial charge in [-0.15, -0.1) is 0 Å². The number of hydrogen-bond acceptors (Lipinski definition) is 2. The molecule has 1 heterocycles. The molecule has 0 aromatic carbocycles. The highest BCUT2D eigenvalue weighted by molar-refractivity contribution is 5.61. The Bertz CT molecular complexity index is 339. The van der Waals surface area contributed by atoms with Crippen LogP contribution in [0.3, 0.4) is 0 Å². The molecule has 0 saturated heterocycles. The van der Waals surface area contributed by atoms with Crippen molar-refractivity contribution in [2.24, 2.45) is 0 Å². The van der Waals surface area contributed by atoms with Crippen LogP contribution in [0.1, 0.15) is 25.0 Å². The lowest BCUT2D eigenvalue weighted by Gasteiger charge is -1.95. The number of H-pyrrole nitrogens is 1. The first-order valence-electron chi connectivity index (χ1n) is 4.12. The van der Waals surface area contributed by atoms with Crippen LogP contribution in [0.25, 0.3) is 12.2 Å². The molecule has 0 radical (unpaired) electrons. The molecule has 0 spiro atoms. The third-order valence-corrected chi connectivity index (χ3v) is 1.35. The highest BCUT2D eigenvalue weighted by Gasteiger charge is 1.98. The summed E-state index contributed by atoms with van der Waals surface area (Å²) < 4.78 is 0. The lowest BCUT2D eigenvalue weighted by Crippen LogP contribution is -2.11. The van der Waals surface area contributed by atoms with E-state index in [9.17, 15) is 4.79 Å². The zero-order valence-corrected chi connectivity index (χ0v) is 8.00. The summed E-state index contributed by atoms with van der Waals surface area (Å²) >= 11 is 0. The molecule has 1 rings (SSSR count). The number of nitrogens with zero attached hydrogens (tertiary/aromatic N) is 1. The van der Waals surface area contributed by atoms with Crippen LogP contribution in [0, 0.1) is 0 Å². The lowest BCUT2D eigenvalue weighted by atomic mass is 10.2. The third kappa shape index (κ3) is 2.71. The van der Waals surface area contributed by atoms with Crippen LogP contribution in [-0.2, 0) is 0 Å². The van der Waals surface area contributed by atoms with E-state index in [2.05, 4.69) is 23.4 Å². The maximum Gasteiger partial charge on any atom is 0.272 e. The Morgan fingerprint density at radius 3 is 2.38 bits per heavy atom. The number of nitrogens with one attached hydrogen (secondary N) is 1. The van der Waals surface area contributed by atoms with Gasteiger partial charge < -0.3 is 0 Å². The van der Waals surface area contributed by atoms with Gasteiger partial charge in [0.05, 0.1) is 6.20 Å². The fraction of sp³-hybridized carbons (Fsp3) is 0.200. The van der Waals surface area contributed by atoms with E-state index in [-0.39, 0.29) is 5.56 Å². The van der Waals surface area contributed by atoms with Gasteiger partial charge in [0.2, 0.25) is 0 Å². The second-order valence-corrected chi connectivity index (χ2v) is 1.98. The molecule has 0 aliphatic heterocycles. The topological polar surface area (TPSA) is 45.8 Å². The Morgan fingerprint density at radius 2 is 2.00 bits per heavy atom. The zero-order valence-electron chi connectivity index (χ0n) is 8.00. The summed E-state index contributed by atoms with van der Waals surface area (Å²) in [5, 5.41) is 5.91. The summed E-state index contributed by atoms with van der Waals surface area (Å²) in [7, 11) is 0. The van der Waals surface area contributed by atoms with Gasteiger partial charge >= 0.3 is 0 Å². The number of aromatic nitrogens is 2. The van der Waals surface area contributed by atoms with E-state index in [0.29, 0.717) is 11.1 Å². The van der Waals surface area contributed by atoms with E-state index >= 15 is 0 Å². The van der Waals surface area contributed by atoms with Crippen LogP contribution in [0.5, 0.6) is 0 Å². The predicted octanol–water partition coefficient (Wildman–Crippen LogP) is 2.08. The number of rotatable bonds is 2. The lowest BCUT2D eigenvalue weighted by molar-refractivity contribution is 0.980. The molecule has 0 fully saturated rings. The van der Waals surface area contributed by atoms with Crippen LogP contribution < -0.4 is 5.56 Å². The number of hydrogen-bond donors (Lipinski definition) is 1. The second-order valence-electron chi connectivity index (χ2n) is 1.98. The number of aromatic amines is 1. The molecule has 1 N–H and O–H groups in total. The van der Waals surface area contributed by atoms with Gasteiger partial charge in [-0.05, 0) is 0 Å². The minimum atomic E-state index is -0.239. The monoisotopic (exact) mass is 178 g/mol. The Balaban J connectivity index is 0.000000671. The average Bonchev–Trinajstić information content (AvgIpc) is 2.20. The highest BCUT2D eigenvalue weighted by Crippen LogP contribution is 2.02. The smallest absolute Gasteiger partial charge is 0.267 e. The molecular formula is C10H14N2O. The average molecular weight is 178 g/mol. The molecular weight excluding hydrogens is 164 g/mol. The van der Waals surface area contributed by atoms with Gasteiger partial charge in [-0.2, -0.15) is 5.10 Å². The van der Waals surface area contributed by atoms with Gasteiger partial charge in [0, 0.05) is 11.1 Å². The molecule has 0 bridgehead atoms. The zero-order chi connectivity index (χ0) is 10.3. The van der Waals surface area contributed by atoms with Crippen LogP contribution in [-0.4, -0.2) is 10.2 Å². The van der Waals surface area contributed by atoms with Gasteiger partial charge in [0.1, 0.15) is 0 Å². The van der Waals surface area contributed by atoms with Gasteiger partial charge in [0.15, 0.2) is 0 Å². The molecule has 13 heavy (non-hydrogen) atoms. The maximum absolute atomic E-state index is 11.0. The molecule has 3 nitrogen and oxygen atoms in total.